The number of rotatable bonds is 9. The van der Waals surface area contributed by atoms with Crippen LogP contribution in [-0.4, -0.2) is 41.3 Å². The van der Waals surface area contributed by atoms with Gasteiger partial charge in [-0.05, 0) is 41.5 Å². The highest BCUT2D eigenvalue weighted by molar-refractivity contribution is 5.91. The van der Waals surface area contributed by atoms with Gasteiger partial charge in [0.2, 0.25) is 5.91 Å². The maximum Gasteiger partial charge on any atom is 0.407 e. The minimum atomic E-state index is -1.25. The first-order valence-electron chi connectivity index (χ1n) is 12.1. The molecule has 0 spiro atoms. The predicted molar refractivity (Wildman–Crippen MR) is 128 cm³/mol. The number of hydrogen-bond acceptors (Lipinski definition) is 4. The molecule has 0 heterocycles. The Labute approximate surface area is 199 Å². The fourth-order valence-electron chi connectivity index (χ4n) is 5.15. The third kappa shape index (κ3) is 4.79. The van der Waals surface area contributed by atoms with Crippen molar-refractivity contribution < 1.29 is 24.2 Å². The van der Waals surface area contributed by atoms with Gasteiger partial charge in [-0.15, -0.1) is 0 Å². The van der Waals surface area contributed by atoms with Crippen molar-refractivity contribution in [1.82, 2.24) is 10.6 Å². The minimum absolute atomic E-state index is 0.0742. The lowest BCUT2D eigenvalue weighted by Gasteiger charge is -2.28. The van der Waals surface area contributed by atoms with E-state index in [1.807, 2.05) is 43.3 Å². The first kappa shape index (κ1) is 23.8. The summed E-state index contributed by atoms with van der Waals surface area (Å²) in [5, 5.41) is 15.1. The number of carbonyl (C=O) groups is 3. The lowest BCUT2D eigenvalue weighted by Crippen LogP contribution is -2.58. The molecule has 0 bridgehead atoms. The van der Waals surface area contributed by atoms with Crippen LogP contribution in [0.3, 0.4) is 0 Å². The van der Waals surface area contributed by atoms with Gasteiger partial charge in [0.05, 0.1) is 0 Å². The fraction of sp³-hybridized carbons (Fsp3) is 0.444. The number of carbonyl (C=O) groups excluding carboxylic acids is 2. The Kier molecular flexibility index (Phi) is 7.20. The van der Waals surface area contributed by atoms with E-state index < -0.39 is 29.6 Å². The average molecular weight is 465 g/mol. The number of nitrogens with one attached hydrogen (secondary N) is 2. The van der Waals surface area contributed by atoms with Gasteiger partial charge in [0.15, 0.2) is 0 Å². The van der Waals surface area contributed by atoms with Crippen molar-refractivity contribution in [2.45, 2.75) is 69.4 Å². The Morgan fingerprint density at radius 3 is 2.18 bits per heavy atom. The Balaban J connectivity index is 1.42. The van der Waals surface area contributed by atoms with E-state index in [1.54, 1.807) is 0 Å². The molecule has 0 aromatic heterocycles. The number of unbranched alkanes of at least 4 members (excludes halogenated alkanes) is 1. The largest absolute Gasteiger partial charge is 0.480 e. The summed E-state index contributed by atoms with van der Waals surface area (Å²) < 4.78 is 5.60. The lowest BCUT2D eigenvalue weighted by atomic mass is 9.96. The summed E-state index contributed by atoms with van der Waals surface area (Å²) in [5.74, 6) is -1.56. The first-order chi connectivity index (χ1) is 16.4. The summed E-state index contributed by atoms with van der Waals surface area (Å²) in [6.45, 7) is 2.15. The molecule has 2 amide bonds. The number of carboxylic acids is 1. The van der Waals surface area contributed by atoms with Gasteiger partial charge in [-0.1, -0.05) is 81.1 Å². The van der Waals surface area contributed by atoms with Crippen LogP contribution in [0, 0.1) is 0 Å². The molecule has 4 rings (SSSR count). The molecule has 0 aliphatic heterocycles. The van der Waals surface area contributed by atoms with E-state index in [9.17, 15) is 19.5 Å². The quantitative estimate of drug-likeness (QED) is 0.503. The highest BCUT2D eigenvalue weighted by Crippen LogP contribution is 2.44. The molecule has 2 aromatic rings. The van der Waals surface area contributed by atoms with E-state index in [2.05, 4.69) is 22.8 Å². The number of hydrogen-bond donors (Lipinski definition) is 3. The third-order valence-corrected chi connectivity index (χ3v) is 7.03. The molecule has 7 heteroatoms. The summed E-state index contributed by atoms with van der Waals surface area (Å²) in [6.07, 6.45) is 3.63. The van der Waals surface area contributed by atoms with Crippen LogP contribution >= 0.6 is 0 Å². The summed E-state index contributed by atoms with van der Waals surface area (Å²) in [4.78, 5) is 37.6. The summed E-state index contributed by atoms with van der Waals surface area (Å²) in [5.41, 5.74) is 3.26. The number of ether oxygens (including phenoxy) is 1. The molecule has 0 unspecified atom stereocenters. The zero-order chi connectivity index (χ0) is 24.1. The van der Waals surface area contributed by atoms with E-state index in [-0.39, 0.29) is 12.5 Å². The first-order valence-corrected chi connectivity index (χ1v) is 12.1. The van der Waals surface area contributed by atoms with E-state index in [1.165, 1.54) is 0 Å². The zero-order valence-corrected chi connectivity index (χ0v) is 19.5. The monoisotopic (exact) mass is 464 g/mol. The summed E-state index contributed by atoms with van der Waals surface area (Å²) in [6, 6.07) is 15.3. The number of benzene rings is 2. The van der Waals surface area contributed by atoms with Crippen LogP contribution in [0.15, 0.2) is 48.5 Å². The van der Waals surface area contributed by atoms with Crippen molar-refractivity contribution >= 4 is 18.0 Å². The van der Waals surface area contributed by atoms with Gasteiger partial charge in [0.1, 0.15) is 18.2 Å². The number of amides is 2. The SMILES string of the molecule is CCCC[C@H](NC(=O)OCC1c2ccccc2-c2ccccc21)C(=O)NC1(C(=O)O)CCCC1. The van der Waals surface area contributed by atoms with Gasteiger partial charge in [-0.25, -0.2) is 9.59 Å². The second-order valence-corrected chi connectivity index (χ2v) is 9.25. The maximum absolute atomic E-state index is 13.0. The van der Waals surface area contributed by atoms with Crippen LogP contribution in [-0.2, 0) is 14.3 Å². The molecule has 1 saturated carbocycles. The third-order valence-electron chi connectivity index (χ3n) is 7.03. The maximum atomic E-state index is 13.0. The average Bonchev–Trinajstić information content (AvgIpc) is 3.44. The van der Waals surface area contributed by atoms with Crippen molar-refractivity contribution in [2.24, 2.45) is 0 Å². The van der Waals surface area contributed by atoms with Crippen LogP contribution in [0.25, 0.3) is 11.1 Å². The van der Waals surface area contributed by atoms with Gasteiger partial charge in [-0.3, -0.25) is 4.79 Å². The molecule has 0 radical (unpaired) electrons. The Morgan fingerprint density at radius 2 is 1.62 bits per heavy atom. The minimum Gasteiger partial charge on any atom is -0.480 e. The van der Waals surface area contributed by atoms with Crippen LogP contribution < -0.4 is 10.6 Å². The molecule has 0 saturated heterocycles. The van der Waals surface area contributed by atoms with Crippen LogP contribution in [0.5, 0.6) is 0 Å². The van der Waals surface area contributed by atoms with Crippen LogP contribution in [0.4, 0.5) is 4.79 Å². The fourth-order valence-corrected chi connectivity index (χ4v) is 5.15. The smallest absolute Gasteiger partial charge is 0.407 e. The molecule has 34 heavy (non-hydrogen) atoms. The number of alkyl carbamates (subject to hydrolysis) is 1. The molecule has 1 fully saturated rings. The molecule has 2 aliphatic carbocycles. The van der Waals surface area contributed by atoms with Gasteiger partial charge in [0.25, 0.3) is 0 Å². The molecule has 2 aromatic carbocycles. The van der Waals surface area contributed by atoms with Gasteiger partial charge >= 0.3 is 12.1 Å². The van der Waals surface area contributed by atoms with Gasteiger partial charge in [0, 0.05) is 5.92 Å². The van der Waals surface area contributed by atoms with Crippen molar-refractivity contribution in [3.8, 4) is 11.1 Å². The van der Waals surface area contributed by atoms with Crippen LogP contribution in [0.2, 0.25) is 0 Å². The van der Waals surface area contributed by atoms with E-state index in [0.717, 1.165) is 47.9 Å². The molecule has 2 aliphatic rings. The van der Waals surface area contributed by atoms with Crippen molar-refractivity contribution in [3.63, 3.8) is 0 Å². The number of aliphatic carboxylic acids is 1. The zero-order valence-electron chi connectivity index (χ0n) is 19.5. The molecular formula is C27H32N2O5. The van der Waals surface area contributed by atoms with Crippen molar-refractivity contribution in [3.05, 3.63) is 59.7 Å². The van der Waals surface area contributed by atoms with Crippen LogP contribution in [0.1, 0.15) is 68.9 Å². The van der Waals surface area contributed by atoms with E-state index in [4.69, 9.17) is 4.74 Å². The lowest BCUT2D eigenvalue weighted by molar-refractivity contribution is -0.147. The molecule has 180 valence electrons. The molecule has 3 N–H and O–H groups in total. The molecule has 1 atom stereocenters. The second kappa shape index (κ2) is 10.3. The van der Waals surface area contributed by atoms with Gasteiger partial charge < -0.3 is 20.5 Å². The highest BCUT2D eigenvalue weighted by atomic mass is 16.5. The highest BCUT2D eigenvalue weighted by Gasteiger charge is 2.43. The number of carboxylic acid groups (broad SMARTS) is 1. The normalized spacial score (nSPS) is 16.9. The molecular weight excluding hydrogens is 432 g/mol. The molecule has 7 nitrogen and oxygen atoms in total. The predicted octanol–water partition coefficient (Wildman–Crippen LogP) is 4.60. The van der Waals surface area contributed by atoms with E-state index in [0.29, 0.717) is 19.3 Å². The second-order valence-electron chi connectivity index (χ2n) is 9.25. The Morgan fingerprint density at radius 1 is 1.03 bits per heavy atom. The van der Waals surface area contributed by atoms with Crippen molar-refractivity contribution in [2.75, 3.05) is 6.61 Å². The summed E-state index contributed by atoms with van der Waals surface area (Å²) >= 11 is 0. The van der Waals surface area contributed by atoms with Gasteiger partial charge in [-0.2, -0.15) is 0 Å². The van der Waals surface area contributed by atoms with Crippen molar-refractivity contribution in [1.29, 1.82) is 0 Å². The topological polar surface area (TPSA) is 105 Å². The van der Waals surface area contributed by atoms with E-state index >= 15 is 0 Å². The Bertz CT molecular complexity index is 1010. The standard InChI is InChI=1S/C27H32N2O5/c1-2-3-14-23(24(30)29-27(25(31)32)15-8-9-16-27)28-26(33)34-17-22-20-12-6-4-10-18(20)19-11-5-7-13-21(19)22/h4-7,10-13,22-23H,2-3,8-9,14-17H2,1H3,(H,28,33)(H,29,30)(H,31,32)/t23-/m0/s1. The Hall–Kier alpha value is -3.35. The number of fused-ring (bicyclic) bond motifs is 3. The summed E-state index contributed by atoms with van der Waals surface area (Å²) in [7, 11) is 0.